The van der Waals surface area contributed by atoms with E-state index in [4.69, 9.17) is 21.7 Å². The molecule has 2 atom stereocenters. The van der Waals surface area contributed by atoms with Crippen LogP contribution in [0.4, 0.5) is 0 Å². The molecule has 0 saturated heterocycles. The van der Waals surface area contributed by atoms with Crippen LogP contribution in [-0.2, 0) is 19.2 Å². The van der Waals surface area contributed by atoms with Gasteiger partial charge < -0.3 is 27.0 Å². The third-order valence-electron chi connectivity index (χ3n) is 2.78. The molecule has 0 radical (unpaired) electrons. The van der Waals surface area contributed by atoms with E-state index >= 15 is 0 Å². The van der Waals surface area contributed by atoms with Crippen molar-refractivity contribution < 1.29 is 29.4 Å². The second-order valence-corrected chi connectivity index (χ2v) is 4.55. The summed E-state index contributed by atoms with van der Waals surface area (Å²) in [5.74, 6) is -4.64. The lowest BCUT2D eigenvalue weighted by atomic mass is 10.0. The number of carboxylic acid groups (broad SMARTS) is 2. The van der Waals surface area contributed by atoms with Gasteiger partial charge in [0.1, 0.15) is 6.04 Å². The third-order valence-corrected chi connectivity index (χ3v) is 2.78. The van der Waals surface area contributed by atoms with Crippen LogP contribution in [-0.4, -0.2) is 52.5 Å². The number of hydrogen-bond donors (Lipinski definition) is 5. The minimum Gasteiger partial charge on any atom is -0.481 e. The maximum absolute atomic E-state index is 11.7. The van der Waals surface area contributed by atoms with E-state index in [0.29, 0.717) is 19.4 Å². The molecule has 0 fully saturated rings. The highest BCUT2D eigenvalue weighted by Crippen LogP contribution is 2.02. The molecule has 0 rings (SSSR count). The van der Waals surface area contributed by atoms with Gasteiger partial charge in [-0.25, -0.2) is 4.79 Å². The van der Waals surface area contributed by atoms with Gasteiger partial charge in [-0.1, -0.05) is 6.42 Å². The standard InChI is InChI=1S/C12H21N3O6/c13-6-2-1-3-7(14)10(18)11(19)15-8(12(20)21)4-5-9(16)17/h7-8H,1-6,13-14H2,(H,15,19)(H,16,17)(H,20,21)/t7-,8-/m0/s1. The van der Waals surface area contributed by atoms with Crippen molar-refractivity contribution >= 4 is 23.6 Å². The van der Waals surface area contributed by atoms with Gasteiger partial charge in [0.15, 0.2) is 0 Å². The van der Waals surface area contributed by atoms with Crippen LogP contribution in [0.15, 0.2) is 0 Å². The largest absolute Gasteiger partial charge is 0.481 e. The minimum atomic E-state index is -1.44. The number of hydrogen-bond acceptors (Lipinski definition) is 6. The van der Waals surface area contributed by atoms with Crippen LogP contribution in [0.3, 0.4) is 0 Å². The van der Waals surface area contributed by atoms with Crippen molar-refractivity contribution in [2.24, 2.45) is 11.5 Å². The predicted molar refractivity (Wildman–Crippen MR) is 72.3 cm³/mol. The van der Waals surface area contributed by atoms with Gasteiger partial charge in [0.25, 0.3) is 5.91 Å². The first-order valence-electron chi connectivity index (χ1n) is 6.54. The second-order valence-electron chi connectivity index (χ2n) is 4.55. The van der Waals surface area contributed by atoms with Gasteiger partial charge in [0.05, 0.1) is 6.04 Å². The molecule has 9 heteroatoms. The molecule has 0 heterocycles. The molecule has 0 aromatic carbocycles. The van der Waals surface area contributed by atoms with E-state index in [9.17, 15) is 19.2 Å². The van der Waals surface area contributed by atoms with Gasteiger partial charge in [-0.05, 0) is 25.8 Å². The van der Waals surface area contributed by atoms with E-state index in [2.05, 4.69) is 0 Å². The molecule has 0 aromatic heterocycles. The van der Waals surface area contributed by atoms with Gasteiger partial charge in [0.2, 0.25) is 5.78 Å². The van der Waals surface area contributed by atoms with Crippen LogP contribution >= 0.6 is 0 Å². The Balaban J connectivity index is 4.43. The Bertz CT molecular complexity index is 398. The topological polar surface area (TPSA) is 173 Å². The number of rotatable bonds is 11. The van der Waals surface area contributed by atoms with Crippen molar-refractivity contribution in [2.45, 2.75) is 44.2 Å². The highest BCUT2D eigenvalue weighted by atomic mass is 16.4. The Hall–Kier alpha value is -2.00. The number of nitrogens with one attached hydrogen (secondary N) is 1. The Morgan fingerprint density at radius 2 is 1.67 bits per heavy atom. The lowest BCUT2D eigenvalue weighted by molar-refractivity contribution is -0.145. The third kappa shape index (κ3) is 8.00. The van der Waals surface area contributed by atoms with E-state index in [-0.39, 0.29) is 12.8 Å². The van der Waals surface area contributed by atoms with Crippen molar-refractivity contribution in [3.63, 3.8) is 0 Å². The van der Waals surface area contributed by atoms with Gasteiger partial charge >= 0.3 is 11.9 Å². The Kier molecular flexibility index (Phi) is 8.90. The Labute approximate surface area is 121 Å². The number of unbranched alkanes of at least 4 members (excludes halogenated alkanes) is 1. The molecule has 0 unspecified atom stereocenters. The van der Waals surface area contributed by atoms with Crippen molar-refractivity contribution in [1.82, 2.24) is 5.32 Å². The summed E-state index contributed by atoms with van der Waals surface area (Å²) in [6.45, 7) is 0.448. The van der Waals surface area contributed by atoms with Crippen LogP contribution in [0, 0.1) is 0 Å². The van der Waals surface area contributed by atoms with Crippen LogP contribution in [0.1, 0.15) is 32.1 Å². The maximum Gasteiger partial charge on any atom is 0.326 e. The maximum atomic E-state index is 11.7. The summed E-state index contributed by atoms with van der Waals surface area (Å²) in [4.78, 5) is 44.5. The molecule has 7 N–H and O–H groups in total. The fourth-order valence-electron chi connectivity index (χ4n) is 1.56. The first-order valence-corrected chi connectivity index (χ1v) is 6.54. The summed E-state index contributed by atoms with van der Waals surface area (Å²) < 4.78 is 0. The minimum absolute atomic E-state index is 0.274. The summed E-state index contributed by atoms with van der Waals surface area (Å²) in [5.41, 5.74) is 10.8. The number of nitrogens with two attached hydrogens (primary N) is 2. The van der Waals surface area contributed by atoms with E-state index in [1.807, 2.05) is 5.32 Å². The summed E-state index contributed by atoms with van der Waals surface area (Å²) >= 11 is 0. The SMILES string of the molecule is NCCCC[C@H](N)C(=O)C(=O)N[C@@H](CCC(=O)O)C(=O)O. The Morgan fingerprint density at radius 3 is 2.14 bits per heavy atom. The number of aliphatic carboxylic acids is 2. The molecule has 0 aliphatic carbocycles. The van der Waals surface area contributed by atoms with Crippen molar-refractivity contribution in [2.75, 3.05) is 6.54 Å². The van der Waals surface area contributed by atoms with E-state index in [1.165, 1.54) is 0 Å². The first kappa shape index (κ1) is 19.0. The highest BCUT2D eigenvalue weighted by molar-refractivity contribution is 6.38. The smallest absolute Gasteiger partial charge is 0.326 e. The normalized spacial score (nSPS) is 13.2. The molecule has 0 saturated carbocycles. The van der Waals surface area contributed by atoms with Crippen LogP contribution < -0.4 is 16.8 Å². The van der Waals surface area contributed by atoms with Crippen molar-refractivity contribution in [1.29, 1.82) is 0 Å². The molecular weight excluding hydrogens is 282 g/mol. The predicted octanol–water partition coefficient (Wildman–Crippen LogP) is -1.55. The molecule has 0 aliphatic heterocycles. The molecule has 21 heavy (non-hydrogen) atoms. The second kappa shape index (κ2) is 9.83. The first-order chi connectivity index (χ1) is 9.79. The fraction of sp³-hybridized carbons (Fsp3) is 0.667. The van der Waals surface area contributed by atoms with Gasteiger partial charge in [-0.15, -0.1) is 0 Å². The lowest BCUT2D eigenvalue weighted by Crippen LogP contribution is -2.48. The molecule has 120 valence electrons. The number of carbonyl (C=O) groups is 4. The summed E-state index contributed by atoms with van der Waals surface area (Å²) in [6, 6.07) is -2.46. The molecule has 1 amide bonds. The molecular formula is C12H21N3O6. The summed E-state index contributed by atoms with van der Waals surface area (Å²) in [7, 11) is 0. The zero-order valence-electron chi connectivity index (χ0n) is 11.6. The average molecular weight is 303 g/mol. The average Bonchev–Trinajstić information content (AvgIpc) is 2.41. The Morgan fingerprint density at radius 1 is 1.05 bits per heavy atom. The van der Waals surface area contributed by atoms with Crippen LogP contribution in [0.25, 0.3) is 0 Å². The number of carboxylic acids is 2. The van der Waals surface area contributed by atoms with Crippen molar-refractivity contribution in [3.8, 4) is 0 Å². The zero-order chi connectivity index (χ0) is 16.4. The van der Waals surface area contributed by atoms with Gasteiger partial charge in [-0.2, -0.15) is 0 Å². The molecule has 0 aromatic rings. The molecule has 0 bridgehead atoms. The monoisotopic (exact) mass is 303 g/mol. The molecule has 0 aliphatic rings. The summed E-state index contributed by atoms with van der Waals surface area (Å²) in [5, 5.41) is 19.3. The summed E-state index contributed by atoms with van der Waals surface area (Å²) in [6.07, 6.45) is 0.771. The fourth-order valence-corrected chi connectivity index (χ4v) is 1.56. The van der Waals surface area contributed by atoms with Crippen LogP contribution in [0.5, 0.6) is 0 Å². The van der Waals surface area contributed by atoms with Gasteiger partial charge in [-0.3, -0.25) is 14.4 Å². The lowest BCUT2D eigenvalue weighted by Gasteiger charge is -2.15. The highest BCUT2D eigenvalue weighted by Gasteiger charge is 2.27. The van der Waals surface area contributed by atoms with Crippen LogP contribution in [0.2, 0.25) is 0 Å². The molecule has 9 nitrogen and oxygen atoms in total. The zero-order valence-corrected chi connectivity index (χ0v) is 11.6. The van der Waals surface area contributed by atoms with E-state index in [0.717, 1.165) is 0 Å². The van der Waals surface area contributed by atoms with Crippen molar-refractivity contribution in [3.05, 3.63) is 0 Å². The number of carbonyl (C=O) groups excluding carboxylic acids is 2. The number of ketones is 1. The molecule has 0 spiro atoms. The quantitative estimate of drug-likeness (QED) is 0.225. The van der Waals surface area contributed by atoms with Gasteiger partial charge in [0, 0.05) is 6.42 Å². The van der Waals surface area contributed by atoms with E-state index < -0.39 is 42.1 Å². The number of amides is 1. The van der Waals surface area contributed by atoms with E-state index in [1.54, 1.807) is 0 Å². The number of Topliss-reactive ketones (excluding diaryl/α,β-unsaturated/α-hetero) is 1.